The third kappa shape index (κ3) is 15.3. The van der Waals surface area contributed by atoms with Crippen molar-refractivity contribution in [1.82, 2.24) is 22.8 Å². The molecule has 0 radical (unpaired) electrons. The summed E-state index contributed by atoms with van der Waals surface area (Å²) in [5.41, 5.74) is 35.0. The second kappa shape index (κ2) is 33.4. The Hall–Kier alpha value is -15.0. The van der Waals surface area contributed by atoms with Gasteiger partial charge in [-0.3, -0.25) is 0 Å². The Morgan fingerprint density at radius 1 is 0.179 bits per heavy atom. The minimum absolute atomic E-state index is 0.00279. The fourth-order valence-corrected chi connectivity index (χ4v) is 21.1. The summed E-state index contributed by atoms with van der Waals surface area (Å²) in [6.45, 7) is 35.6. The van der Waals surface area contributed by atoms with Crippen molar-refractivity contribution in [1.29, 1.82) is 0 Å². The number of fused-ring (bicyclic) bond motifs is 15. The lowest BCUT2D eigenvalue weighted by molar-refractivity contribution is 0.589. The van der Waals surface area contributed by atoms with E-state index in [2.05, 4.69) is 497 Å². The van der Waals surface area contributed by atoms with Crippen LogP contribution in [0.4, 0.5) is 0 Å². The topological polar surface area (TPSA) is 24.6 Å². The number of rotatable bonds is 10. The quantitative estimate of drug-likeness (QED) is 0.130. The van der Waals surface area contributed by atoms with Gasteiger partial charge >= 0.3 is 0 Å². The van der Waals surface area contributed by atoms with Crippen molar-refractivity contribution >= 4 is 109 Å². The average molecular weight is 1740 g/mol. The Labute approximate surface area is 793 Å². The number of para-hydroxylation sites is 8. The Morgan fingerprint density at radius 2 is 0.425 bits per heavy atom. The van der Waals surface area contributed by atoms with Crippen molar-refractivity contribution in [2.45, 2.75) is 138 Å². The van der Waals surface area contributed by atoms with Gasteiger partial charge in [0.2, 0.25) is 0 Å². The minimum atomic E-state index is -0.361. The summed E-state index contributed by atoms with van der Waals surface area (Å²) in [7, 11) is 0. The summed E-state index contributed by atoms with van der Waals surface area (Å²) >= 11 is 0. The molecular formula is C129H115N5. The van der Waals surface area contributed by atoms with Gasteiger partial charge in [0.25, 0.3) is 0 Å². The normalized spacial score (nSPS) is 12.7. The van der Waals surface area contributed by atoms with Crippen LogP contribution in [0.15, 0.2) is 406 Å². The predicted octanol–water partition coefficient (Wildman–Crippen LogP) is 35.7. The Kier molecular flexibility index (Phi) is 20.2. The van der Waals surface area contributed by atoms with Gasteiger partial charge in [0.15, 0.2) is 0 Å². The third-order valence-corrected chi connectivity index (χ3v) is 27.2. The SMILES string of the molecule is CC(C)(C)c1c(-c2ccc(-n3c4ccccc4c4ccccc43)cc2)cccc1-c1ccc(-n2c3ccccc3c3ccccc32)cc1.CC(C)(C)c1c(-c2ccc3c(c2)c2ccccc2n3-c2ccccc2)cccc1-c1ccc2c(c1)c1ccccc1n2-c1ccccc1.[2H]c1c([2H])c(-c2cccc(-n3c4ccc(C(C)(C)C)cc4c4cc(C(C)(C)C)ccc43)c2C(C)(C)C)c([2H])c([2H])c1C. The van der Waals surface area contributed by atoms with Crippen molar-refractivity contribution in [3.8, 4) is 84.1 Å². The van der Waals surface area contributed by atoms with Crippen LogP contribution in [0.5, 0.6) is 0 Å². The van der Waals surface area contributed by atoms with E-state index in [4.69, 9.17) is 5.48 Å². The number of nitrogens with zero attached hydrogens (tertiary/aromatic N) is 5. The van der Waals surface area contributed by atoms with Crippen LogP contribution in [0.1, 0.15) is 143 Å². The lowest BCUT2D eigenvalue weighted by Gasteiger charge is -2.28. The maximum atomic E-state index is 8.89. The highest BCUT2D eigenvalue weighted by atomic mass is 15.0. The van der Waals surface area contributed by atoms with Gasteiger partial charge < -0.3 is 22.8 Å². The summed E-state index contributed by atoms with van der Waals surface area (Å²) in [4.78, 5) is 0. The van der Waals surface area contributed by atoms with Crippen LogP contribution in [0.2, 0.25) is 0 Å². The first kappa shape index (κ1) is 81.0. The molecule has 0 aliphatic carbocycles. The van der Waals surface area contributed by atoms with Gasteiger partial charge in [-0.2, -0.15) is 0 Å². The van der Waals surface area contributed by atoms with Crippen molar-refractivity contribution < 1.29 is 5.48 Å². The molecule has 0 fully saturated rings. The third-order valence-electron chi connectivity index (χ3n) is 27.2. The molecule has 0 unspecified atom stereocenters. The highest BCUT2D eigenvalue weighted by molar-refractivity contribution is 6.15. The molecule has 0 aliphatic heterocycles. The second-order valence-electron chi connectivity index (χ2n) is 41.4. The molecule has 0 aliphatic rings. The molecule has 0 saturated heterocycles. The van der Waals surface area contributed by atoms with Crippen LogP contribution in [0, 0.1) is 6.92 Å². The highest BCUT2D eigenvalue weighted by Gasteiger charge is 2.31. The van der Waals surface area contributed by atoms with Gasteiger partial charge in [-0.1, -0.05) is 376 Å². The van der Waals surface area contributed by atoms with E-state index in [1.54, 1.807) is 6.92 Å². The van der Waals surface area contributed by atoms with Gasteiger partial charge in [-0.05, 0) is 257 Å². The first-order valence-electron chi connectivity index (χ1n) is 49.2. The second-order valence-corrected chi connectivity index (χ2v) is 41.4. The van der Waals surface area contributed by atoms with E-state index < -0.39 is 0 Å². The van der Waals surface area contributed by atoms with E-state index in [1.165, 1.54) is 188 Å². The largest absolute Gasteiger partial charge is 0.309 e. The van der Waals surface area contributed by atoms with Gasteiger partial charge in [0.05, 0.1) is 66.3 Å². The van der Waals surface area contributed by atoms with Crippen molar-refractivity contribution in [2.24, 2.45) is 0 Å². The molecule has 0 bridgehead atoms. The zero-order valence-corrected chi connectivity index (χ0v) is 79.6. The molecule has 134 heavy (non-hydrogen) atoms. The summed E-state index contributed by atoms with van der Waals surface area (Å²) in [5.74, 6) is 0. The number of benzene rings is 18. The molecule has 0 N–H and O–H groups in total. The molecule has 5 nitrogen and oxygen atoms in total. The van der Waals surface area contributed by atoms with Crippen LogP contribution in [0.25, 0.3) is 193 Å². The Bertz CT molecular complexity index is 8180. The molecule has 5 heteroatoms. The van der Waals surface area contributed by atoms with Crippen molar-refractivity contribution in [2.75, 3.05) is 0 Å². The van der Waals surface area contributed by atoms with E-state index >= 15 is 0 Å². The average Bonchev–Trinajstić information content (AvgIpc) is 1.50. The number of hydrogen-bond acceptors (Lipinski definition) is 0. The fraction of sp³-hybridized carbons (Fsp3) is 0.163. The van der Waals surface area contributed by atoms with E-state index in [9.17, 15) is 0 Å². The lowest BCUT2D eigenvalue weighted by atomic mass is 9.77. The number of aromatic nitrogens is 5. The smallest absolute Gasteiger partial charge is 0.0629 e. The van der Waals surface area contributed by atoms with Crippen molar-refractivity contribution in [3.63, 3.8) is 0 Å². The standard InChI is InChI=1S/2C46H36N2.C37H43N/c1-46(2,3)45-35(31-23-27-33(28-24-31)47-41-19-8-4-13-37(41)38-14-5-9-20-42(38)47)17-12-18-36(45)32-25-29-34(30-26-32)48-43-21-10-6-15-39(43)40-16-7-11-22-44(40)48;1-46(2,3)45-35(31-25-27-43-39(29-31)37-19-10-12-23-41(37)47(43)33-15-6-4-7-16-33)21-14-22-36(45)32-26-28-44-40(30-32)38-20-11-13-24-42(38)48(44)34-17-8-5-9-18-34;1-24-14-16-25(17-15-24)28-12-11-13-33(34(28)37(8,9)10)38-31-20-18-26(35(2,3)4)22-29(31)30-23-27(36(5,6)7)19-21-32(30)38/h2*4-30H,1-3H3;11-23H,1-10H3/i;;14D,15D,16D,17D. The zero-order chi connectivity index (χ0) is 95.9. The van der Waals surface area contributed by atoms with E-state index in [-0.39, 0.29) is 51.2 Å². The van der Waals surface area contributed by atoms with E-state index in [1.807, 2.05) is 12.1 Å². The van der Waals surface area contributed by atoms with Crippen LogP contribution in [0.3, 0.4) is 0 Å². The first-order valence-corrected chi connectivity index (χ1v) is 47.2. The van der Waals surface area contributed by atoms with Gasteiger partial charge in [0, 0.05) is 76.6 Å². The summed E-state index contributed by atoms with van der Waals surface area (Å²) in [6, 6.07) is 139. The van der Waals surface area contributed by atoms with Crippen molar-refractivity contribution in [3.05, 3.63) is 440 Å². The molecule has 0 amide bonds. The summed E-state index contributed by atoms with van der Waals surface area (Å²) < 4.78 is 46.7. The Balaban J connectivity index is 0.000000124. The monoisotopic (exact) mass is 1740 g/mol. The minimum Gasteiger partial charge on any atom is -0.309 e. The molecule has 5 heterocycles. The number of hydrogen-bond donors (Lipinski definition) is 0. The van der Waals surface area contributed by atoms with E-state index in [0.29, 0.717) is 11.1 Å². The molecule has 0 saturated carbocycles. The molecule has 5 aromatic heterocycles. The van der Waals surface area contributed by atoms with Gasteiger partial charge in [0.1, 0.15) is 0 Å². The maximum Gasteiger partial charge on any atom is 0.0629 e. The predicted molar refractivity (Wildman–Crippen MR) is 576 cm³/mol. The maximum absolute atomic E-state index is 8.89. The van der Waals surface area contributed by atoms with Gasteiger partial charge in [-0.15, -0.1) is 0 Å². The van der Waals surface area contributed by atoms with Crippen LogP contribution < -0.4 is 0 Å². The molecular weight excluding hydrogens is 1620 g/mol. The molecule has 0 atom stereocenters. The molecule has 23 aromatic rings. The zero-order valence-electron chi connectivity index (χ0n) is 83.6. The van der Waals surface area contributed by atoms with Crippen LogP contribution >= 0.6 is 0 Å². The molecule has 23 rings (SSSR count). The Morgan fingerprint density at radius 3 is 0.746 bits per heavy atom. The van der Waals surface area contributed by atoms with Crippen LogP contribution in [-0.2, 0) is 27.1 Å². The highest BCUT2D eigenvalue weighted by Crippen LogP contribution is 2.49. The molecule has 18 aromatic carbocycles. The molecule has 0 spiro atoms. The lowest BCUT2D eigenvalue weighted by Crippen LogP contribution is -2.17. The molecule has 656 valence electrons. The fourth-order valence-electron chi connectivity index (χ4n) is 21.1. The van der Waals surface area contributed by atoms with Crippen LogP contribution in [-0.4, -0.2) is 22.8 Å². The van der Waals surface area contributed by atoms with E-state index in [0.717, 1.165) is 27.8 Å². The van der Waals surface area contributed by atoms with Gasteiger partial charge in [-0.25, -0.2) is 0 Å². The summed E-state index contributed by atoms with van der Waals surface area (Å²) in [6.07, 6.45) is 0. The first-order chi connectivity index (χ1) is 66.3. The summed E-state index contributed by atoms with van der Waals surface area (Å²) in [5, 5.41) is 12.6.